The number of diazo groups is 1. The van der Waals surface area contributed by atoms with E-state index in [1.54, 1.807) is 24.3 Å². The van der Waals surface area contributed by atoms with Gasteiger partial charge < -0.3 is 0 Å². The van der Waals surface area contributed by atoms with Crippen molar-refractivity contribution in [2.24, 2.45) is 0 Å². The Morgan fingerprint density at radius 3 is 2.24 bits per heavy atom. The van der Waals surface area contributed by atoms with E-state index >= 15 is 0 Å². The van der Waals surface area contributed by atoms with Gasteiger partial charge in [-0.05, 0) is 0 Å². The molecule has 0 atom stereocenters. The SMILES string of the molecule is N#[N+]c1c(-c2ccccc2)n[nH]c1C(=O)c1ccccc1. The summed E-state index contributed by atoms with van der Waals surface area (Å²) in [6.07, 6.45) is 0. The van der Waals surface area contributed by atoms with Crippen molar-refractivity contribution in [1.29, 1.82) is 5.39 Å². The average Bonchev–Trinajstić information content (AvgIpc) is 2.99. The molecule has 1 heterocycles. The number of rotatable bonds is 3. The molecular weight excluding hydrogens is 264 g/mol. The highest BCUT2D eigenvalue weighted by Gasteiger charge is 2.30. The molecule has 0 spiro atoms. The predicted molar refractivity (Wildman–Crippen MR) is 78.6 cm³/mol. The lowest BCUT2D eigenvalue weighted by atomic mass is 10.1. The van der Waals surface area contributed by atoms with Gasteiger partial charge in [0.1, 0.15) is 0 Å². The zero-order valence-corrected chi connectivity index (χ0v) is 11.0. The fraction of sp³-hybridized carbons (Fsp3) is 0. The van der Waals surface area contributed by atoms with E-state index in [0.717, 1.165) is 5.56 Å². The molecule has 0 saturated carbocycles. The van der Waals surface area contributed by atoms with Gasteiger partial charge >= 0.3 is 5.69 Å². The van der Waals surface area contributed by atoms with Gasteiger partial charge in [0, 0.05) is 11.1 Å². The predicted octanol–water partition coefficient (Wildman–Crippen LogP) is 3.79. The van der Waals surface area contributed by atoms with E-state index in [2.05, 4.69) is 15.2 Å². The molecule has 5 heteroatoms. The Morgan fingerprint density at radius 2 is 1.62 bits per heavy atom. The summed E-state index contributed by atoms with van der Waals surface area (Å²) in [5, 5.41) is 16.0. The van der Waals surface area contributed by atoms with Crippen LogP contribution in [0.2, 0.25) is 0 Å². The molecule has 0 aliphatic rings. The number of hydrogen-bond donors (Lipinski definition) is 1. The third-order valence-corrected chi connectivity index (χ3v) is 3.15. The number of nitrogens with zero attached hydrogens (tertiary/aromatic N) is 3. The van der Waals surface area contributed by atoms with Crippen LogP contribution in [-0.2, 0) is 0 Å². The lowest BCUT2D eigenvalue weighted by molar-refractivity contribution is 0.103. The first-order chi connectivity index (χ1) is 10.3. The van der Waals surface area contributed by atoms with Crippen molar-refractivity contribution in [2.75, 3.05) is 0 Å². The van der Waals surface area contributed by atoms with Crippen LogP contribution in [0, 0.1) is 5.39 Å². The van der Waals surface area contributed by atoms with Gasteiger partial charge in [0.15, 0.2) is 10.7 Å². The number of carbonyl (C=O) groups excluding carboxylic acids is 1. The number of hydrogen-bond acceptors (Lipinski definition) is 3. The van der Waals surface area contributed by atoms with Crippen molar-refractivity contribution < 1.29 is 4.79 Å². The van der Waals surface area contributed by atoms with E-state index in [4.69, 9.17) is 0 Å². The van der Waals surface area contributed by atoms with Gasteiger partial charge in [0.2, 0.25) is 16.9 Å². The first kappa shape index (κ1) is 12.8. The summed E-state index contributed by atoms with van der Waals surface area (Å²) in [6.45, 7) is 0. The van der Waals surface area contributed by atoms with Crippen molar-refractivity contribution in [2.45, 2.75) is 0 Å². The lowest BCUT2D eigenvalue weighted by Gasteiger charge is -1.94. The van der Waals surface area contributed by atoms with Crippen LogP contribution in [0.5, 0.6) is 0 Å². The second-order valence-corrected chi connectivity index (χ2v) is 4.46. The van der Waals surface area contributed by atoms with Crippen molar-refractivity contribution in [3.8, 4) is 11.3 Å². The van der Waals surface area contributed by atoms with Crippen LogP contribution in [0.4, 0.5) is 5.69 Å². The second kappa shape index (κ2) is 5.39. The number of aromatic nitrogens is 2. The molecule has 0 radical (unpaired) electrons. The third kappa shape index (κ3) is 2.30. The van der Waals surface area contributed by atoms with Crippen LogP contribution >= 0.6 is 0 Å². The fourth-order valence-corrected chi connectivity index (χ4v) is 2.12. The molecule has 2 aromatic carbocycles. The fourth-order valence-electron chi connectivity index (χ4n) is 2.12. The summed E-state index contributed by atoms with van der Waals surface area (Å²) in [5.41, 5.74) is 2.04. The van der Waals surface area contributed by atoms with Gasteiger partial charge in [-0.25, -0.2) is 0 Å². The van der Waals surface area contributed by atoms with Crippen molar-refractivity contribution in [1.82, 2.24) is 10.2 Å². The molecule has 5 nitrogen and oxygen atoms in total. The Morgan fingerprint density at radius 1 is 1.00 bits per heavy atom. The Hall–Kier alpha value is -3.26. The van der Waals surface area contributed by atoms with Crippen LogP contribution in [0.1, 0.15) is 16.1 Å². The van der Waals surface area contributed by atoms with Crippen molar-refractivity contribution >= 4 is 11.5 Å². The molecule has 0 fully saturated rings. The highest BCUT2D eigenvalue weighted by atomic mass is 16.1. The Balaban J connectivity index is 2.08. The highest BCUT2D eigenvalue weighted by Crippen LogP contribution is 2.32. The van der Waals surface area contributed by atoms with E-state index in [1.807, 2.05) is 36.4 Å². The van der Waals surface area contributed by atoms with E-state index < -0.39 is 0 Å². The standard InChI is InChI=1S/C16H10N4O/c17-18-14-13(11-7-3-1-4-8-11)19-20-15(14)16(21)12-9-5-2-6-10-12/h1-10H/p+1. The first-order valence-electron chi connectivity index (χ1n) is 6.40. The molecule has 0 bridgehead atoms. The minimum Gasteiger partial charge on any atom is -0.287 e. The zero-order chi connectivity index (χ0) is 14.7. The van der Waals surface area contributed by atoms with Crippen LogP contribution < -0.4 is 0 Å². The molecule has 3 rings (SSSR count). The van der Waals surface area contributed by atoms with E-state index in [9.17, 15) is 10.2 Å². The Labute approximate surface area is 120 Å². The molecule has 1 aromatic heterocycles. The maximum Gasteiger partial charge on any atom is 0.441 e. The van der Waals surface area contributed by atoms with Gasteiger partial charge in [-0.15, -0.1) is 0 Å². The molecule has 0 saturated heterocycles. The minimum absolute atomic E-state index is 0.148. The van der Waals surface area contributed by atoms with Crippen LogP contribution in [0.15, 0.2) is 60.7 Å². The maximum absolute atomic E-state index is 12.4. The monoisotopic (exact) mass is 275 g/mol. The summed E-state index contributed by atoms with van der Waals surface area (Å²) < 4.78 is 0. The van der Waals surface area contributed by atoms with E-state index in [0.29, 0.717) is 11.3 Å². The minimum atomic E-state index is -0.266. The van der Waals surface area contributed by atoms with Crippen molar-refractivity contribution in [3.05, 3.63) is 76.9 Å². The molecular formula is C16H11N4O+. The largest absolute Gasteiger partial charge is 0.441 e. The Bertz CT molecular complexity index is 816. The van der Waals surface area contributed by atoms with Gasteiger partial charge in [-0.2, -0.15) is 5.10 Å². The number of aromatic amines is 1. The summed E-state index contributed by atoms with van der Waals surface area (Å²) in [5.74, 6) is -0.266. The van der Waals surface area contributed by atoms with E-state index in [-0.39, 0.29) is 17.2 Å². The topological polar surface area (TPSA) is 73.9 Å². The molecule has 21 heavy (non-hydrogen) atoms. The quantitative estimate of drug-likeness (QED) is 0.583. The lowest BCUT2D eigenvalue weighted by Crippen LogP contribution is -2.01. The smallest absolute Gasteiger partial charge is 0.287 e. The summed E-state index contributed by atoms with van der Waals surface area (Å²) in [6, 6.07) is 18.0. The maximum atomic E-state index is 12.4. The number of nitrogens with one attached hydrogen (secondary N) is 1. The number of H-pyrrole nitrogens is 1. The number of carbonyl (C=O) groups is 1. The van der Waals surface area contributed by atoms with E-state index in [1.165, 1.54) is 0 Å². The molecule has 3 aromatic rings. The van der Waals surface area contributed by atoms with Gasteiger partial charge in [-0.3, -0.25) is 9.89 Å². The third-order valence-electron chi connectivity index (χ3n) is 3.15. The molecule has 1 N–H and O–H groups in total. The van der Waals surface area contributed by atoms with Crippen LogP contribution in [0.3, 0.4) is 0 Å². The first-order valence-corrected chi connectivity index (χ1v) is 6.40. The van der Waals surface area contributed by atoms with Gasteiger partial charge in [0.25, 0.3) is 0 Å². The number of benzene rings is 2. The normalized spacial score (nSPS) is 10.0. The average molecular weight is 275 g/mol. The second-order valence-electron chi connectivity index (χ2n) is 4.46. The molecule has 0 aliphatic carbocycles. The van der Waals surface area contributed by atoms with Crippen LogP contribution in [-0.4, -0.2) is 16.0 Å². The Kier molecular flexibility index (Phi) is 3.27. The highest BCUT2D eigenvalue weighted by molar-refractivity contribution is 6.12. The van der Waals surface area contributed by atoms with Gasteiger partial charge in [0.05, 0.1) is 0 Å². The molecule has 0 unspecified atom stereocenters. The van der Waals surface area contributed by atoms with Crippen molar-refractivity contribution in [3.63, 3.8) is 0 Å². The van der Waals surface area contributed by atoms with Crippen LogP contribution in [0.25, 0.3) is 16.2 Å². The number of ketones is 1. The summed E-state index contributed by atoms with van der Waals surface area (Å²) in [7, 11) is 0. The van der Waals surface area contributed by atoms with Gasteiger partial charge in [-0.1, -0.05) is 60.7 Å². The summed E-state index contributed by atoms with van der Waals surface area (Å²) in [4.78, 5) is 15.7. The zero-order valence-electron chi connectivity index (χ0n) is 11.0. The molecule has 0 aliphatic heterocycles. The molecule has 100 valence electrons. The molecule has 0 amide bonds. The summed E-state index contributed by atoms with van der Waals surface area (Å²) >= 11 is 0.